The molecule has 0 unspecified atom stereocenters. The van der Waals surface area contributed by atoms with E-state index in [2.05, 4.69) is 22.3 Å². The lowest BCUT2D eigenvalue weighted by molar-refractivity contribution is -0.140. The molecule has 0 aliphatic rings. The predicted molar refractivity (Wildman–Crippen MR) is 57.3 cm³/mol. The zero-order chi connectivity index (χ0) is 10.6. The highest BCUT2D eigenvalue weighted by Gasteiger charge is 1.97. The van der Waals surface area contributed by atoms with Gasteiger partial charge in [-0.1, -0.05) is 13.3 Å². The molecule has 0 aromatic carbocycles. The molecule has 0 atom stereocenters. The van der Waals surface area contributed by atoms with Crippen LogP contribution in [0.4, 0.5) is 0 Å². The van der Waals surface area contributed by atoms with Gasteiger partial charge in [0.2, 0.25) is 0 Å². The van der Waals surface area contributed by atoms with Crippen LogP contribution in [0.2, 0.25) is 0 Å². The zero-order valence-corrected chi connectivity index (χ0v) is 9.27. The van der Waals surface area contributed by atoms with E-state index in [4.69, 9.17) is 0 Å². The summed E-state index contributed by atoms with van der Waals surface area (Å²) in [6.45, 7) is 5.81. The molecule has 84 valence electrons. The summed E-state index contributed by atoms with van der Waals surface area (Å²) in [7, 11) is 1.41. The highest BCUT2D eigenvalue weighted by Crippen LogP contribution is 1.82. The van der Waals surface area contributed by atoms with Crippen LogP contribution in [0.25, 0.3) is 0 Å². The Labute approximate surface area is 86.4 Å². The number of rotatable bonds is 9. The third-order valence-corrected chi connectivity index (χ3v) is 1.92. The fourth-order valence-corrected chi connectivity index (χ4v) is 1.02. The van der Waals surface area contributed by atoms with Crippen molar-refractivity contribution in [2.24, 2.45) is 0 Å². The summed E-state index contributed by atoms with van der Waals surface area (Å²) in [5, 5.41) is 6.47. The van der Waals surface area contributed by atoms with Crippen molar-refractivity contribution < 1.29 is 9.53 Å². The van der Waals surface area contributed by atoms with Crippen LogP contribution in [-0.2, 0) is 9.53 Å². The van der Waals surface area contributed by atoms with Crippen LogP contribution in [0.5, 0.6) is 0 Å². The van der Waals surface area contributed by atoms with Crippen molar-refractivity contribution in [2.45, 2.75) is 26.2 Å². The smallest absolute Gasteiger partial charge is 0.306 e. The molecule has 0 aliphatic carbocycles. The molecule has 4 heteroatoms. The van der Waals surface area contributed by atoms with Crippen LogP contribution in [0.1, 0.15) is 26.2 Å². The fraction of sp³-hybridized carbons (Fsp3) is 0.900. The van der Waals surface area contributed by atoms with E-state index in [1.807, 2.05) is 0 Å². The topological polar surface area (TPSA) is 50.4 Å². The monoisotopic (exact) mass is 202 g/mol. The maximum atomic E-state index is 10.7. The number of methoxy groups -OCH3 is 1. The lowest BCUT2D eigenvalue weighted by Crippen LogP contribution is -2.29. The molecule has 0 rings (SSSR count). The molecule has 4 nitrogen and oxygen atoms in total. The van der Waals surface area contributed by atoms with E-state index >= 15 is 0 Å². The van der Waals surface area contributed by atoms with E-state index in [9.17, 15) is 4.79 Å². The van der Waals surface area contributed by atoms with Crippen LogP contribution in [0.15, 0.2) is 0 Å². The van der Waals surface area contributed by atoms with Crippen molar-refractivity contribution in [3.8, 4) is 0 Å². The second kappa shape index (κ2) is 10.5. The van der Waals surface area contributed by atoms with E-state index in [1.165, 1.54) is 20.0 Å². The van der Waals surface area contributed by atoms with Crippen LogP contribution < -0.4 is 10.6 Å². The van der Waals surface area contributed by atoms with Gasteiger partial charge in [0, 0.05) is 19.6 Å². The Bertz CT molecular complexity index is 140. The van der Waals surface area contributed by atoms with E-state index in [1.54, 1.807) is 0 Å². The third kappa shape index (κ3) is 9.48. The largest absolute Gasteiger partial charge is 0.469 e. The summed E-state index contributed by atoms with van der Waals surface area (Å²) >= 11 is 0. The number of esters is 1. The molecule has 0 spiro atoms. The number of carbonyl (C=O) groups is 1. The minimum atomic E-state index is -0.156. The molecule has 0 heterocycles. The van der Waals surface area contributed by atoms with Gasteiger partial charge in [-0.3, -0.25) is 4.79 Å². The molecular formula is C10H22N2O2. The van der Waals surface area contributed by atoms with E-state index < -0.39 is 0 Å². The lowest BCUT2D eigenvalue weighted by Gasteiger charge is -2.05. The first-order valence-corrected chi connectivity index (χ1v) is 5.29. The van der Waals surface area contributed by atoms with Gasteiger partial charge < -0.3 is 15.4 Å². The number of carbonyl (C=O) groups excluding carboxylic acids is 1. The molecule has 0 aromatic rings. The van der Waals surface area contributed by atoms with E-state index in [0.717, 1.165) is 19.6 Å². The SMILES string of the molecule is CCCCNCCNCCC(=O)OC. The average Bonchev–Trinajstić information content (AvgIpc) is 2.21. The van der Waals surface area contributed by atoms with Gasteiger partial charge in [-0.2, -0.15) is 0 Å². The van der Waals surface area contributed by atoms with Crippen molar-refractivity contribution in [2.75, 3.05) is 33.3 Å². The van der Waals surface area contributed by atoms with E-state index in [-0.39, 0.29) is 5.97 Å². The summed E-state index contributed by atoms with van der Waals surface area (Å²) < 4.78 is 4.52. The van der Waals surface area contributed by atoms with Gasteiger partial charge in [0.05, 0.1) is 13.5 Å². The molecule has 0 fully saturated rings. The van der Waals surface area contributed by atoms with Crippen LogP contribution >= 0.6 is 0 Å². The molecule has 0 aromatic heterocycles. The lowest BCUT2D eigenvalue weighted by atomic mass is 10.3. The molecule has 0 aliphatic heterocycles. The zero-order valence-electron chi connectivity index (χ0n) is 9.27. The normalized spacial score (nSPS) is 10.1. The van der Waals surface area contributed by atoms with Gasteiger partial charge in [-0.25, -0.2) is 0 Å². The second-order valence-corrected chi connectivity index (χ2v) is 3.18. The number of unbranched alkanes of at least 4 members (excludes halogenated alkanes) is 1. The summed E-state index contributed by atoms with van der Waals surface area (Å²) in [4.78, 5) is 10.7. The maximum absolute atomic E-state index is 10.7. The Morgan fingerprint density at radius 1 is 1.14 bits per heavy atom. The molecule has 0 saturated heterocycles. The van der Waals surface area contributed by atoms with Crippen LogP contribution in [0, 0.1) is 0 Å². The van der Waals surface area contributed by atoms with Crippen molar-refractivity contribution in [1.82, 2.24) is 10.6 Å². The summed E-state index contributed by atoms with van der Waals surface area (Å²) in [5.74, 6) is -0.156. The number of ether oxygens (including phenoxy) is 1. The molecule has 0 saturated carbocycles. The Morgan fingerprint density at radius 3 is 2.36 bits per heavy atom. The standard InChI is InChI=1S/C10H22N2O2/c1-3-4-6-11-8-9-12-7-5-10(13)14-2/h11-12H,3-9H2,1-2H3. The van der Waals surface area contributed by atoms with Gasteiger partial charge in [-0.15, -0.1) is 0 Å². The van der Waals surface area contributed by atoms with Crippen LogP contribution in [-0.4, -0.2) is 39.3 Å². The minimum Gasteiger partial charge on any atom is -0.469 e. The molecular weight excluding hydrogens is 180 g/mol. The quantitative estimate of drug-likeness (QED) is 0.423. The van der Waals surface area contributed by atoms with Gasteiger partial charge in [0.1, 0.15) is 0 Å². The summed E-state index contributed by atoms with van der Waals surface area (Å²) in [6.07, 6.45) is 2.90. The Kier molecular flexibility index (Phi) is 10.0. The van der Waals surface area contributed by atoms with Gasteiger partial charge in [0.15, 0.2) is 0 Å². The van der Waals surface area contributed by atoms with Crippen molar-refractivity contribution in [3.05, 3.63) is 0 Å². The van der Waals surface area contributed by atoms with Crippen molar-refractivity contribution in [1.29, 1.82) is 0 Å². The summed E-state index contributed by atoms with van der Waals surface area (Å²) in [6, 6.07) is 0. The first-order chi connectivity index (χ1) is 6.81. The van der Waals surface area contributed by atoms with Crippen molar-refractivity contribution >= 4 is 5.97 Å². The van der Waals surface area contributed by atoms with Crippen LogP contribution in [0.3, 0.4) is 0 Å². The maximum Gasteiger partial charge on any atom is 0.306 e. The molecule has 14 heavy (non-hydrogen) atoms. The van der Waals surface area contributed by atoms with E-state index in [0.29, 0.717) is 13.0 Å². The molecule has 0 amide bonds. The summed E-state index contributed by atoms with van der Waals surface area (Å²) in [5.41, 5.74) is 0. The van der Waals surface area contributed by atoms with Gasteiger partial charge in [-0.05, 0) is 13.0 Å². The highest BCUT2D eigenvalue weighted by atomic mass is 16.5. The number of hydrogen-bond acceptors (Lipinski definition) is 4. The molecule has 2 N–H and O–H groups in total. The Balaban J connectivity index is 2.95. The Morgan fingerprint density at radius 2 is 1.79 bits per heavy atom. The fourth-order valence-electron chi connectivity index (χ4n) is 1.02. The van der Waals surface area contributed by atoms with Gasteiger partial charge >= 0.3 is 5.97 Å². The second-order valence-electron chi connectivity index (χ2n) is 3.18. The first-order valence-electron chi connectivity index (χ1n) is 5.29. The first kappa shape index (κ1) is 13.4. The minimum absolute atomic E-state index is 0.156. The number of hydrogen-bond donors (Lipinski definition) is 2. The average molecular weight is 202 g/mol. The molecule has 0 radical (unpaired) electrons. The number of nitrogens with one attached hydrogen (secondary N) is 2. The highest BCUT2D eigenvalue weighted by molar-refractivity contribution is 5.69. The molecule has 0 bridgehead atoms. The Hall–Kier alpha value is -0.610. The van der Waals surface area contributed by atoms with Crippen molar-refractivity contribution in [3.63, 3.8) is 0 Å². The third-order valence-electron chi connectivity index (χ3n) is 1.92. The predicted octanol–water partition coefficient (Wildman–Crippen LogP) is 0.529. The van der Waals surface area contributed by atoms with Gasteiger partial charge in [0.25, 0.3) is 0 Å².